The van der Waals surface area contributed by atoms with Crippen molar-refractivity contribution in [3.63, 3.8) is 0 Å². The number of sulfonamides is 1. The molecule has 2 heterocycles. The highest BCUT2D eigenvalue weighted by molar-refractivity contribution is 7.89. The molecule has 0 bridgehead atoms. The van der Waals surface area contributed by atoms with Crippen molar-refractivity contribution >= 4 is 10.0 Å². The smallest absolute Gasteiger partial charge is 0.243 e. The topological polar surface area (TPSA) is 79.5 Å². The van der Waals surface area contributed by atoms with Crippen molar-refractivity contribution in [2.75, 3.05) is 26.2 Å². The van der Waals surface area contributed by atoms with Crippen LogP contribution in [0.2, 0.25) is 0 Å². The van der Waals surface area contributed by atoms with Crippen LogP contribution >= 0.6 is 0 Å². The van der Waals surface area contributed by atoms with Gasteiger partial charge in [-0.3, -0.25) is 4.90 Å². The van der Waals surface area contributed by atoms with Crippen LogP contribution in [0.15, 0.2) is 57.9 Å². The van der Waals surface area contributed by atoms with Crippen molar-refractivity contribution in [3.05, 3.63) is 65.5 Å². The van der Waals surface area contributed by atoms with Gasteiger partial charge in [-0.2, -0.15) is 9.29 Å². The second kappa shape index (κ2) is 8.90. The van der Waals surface area contributed by atoms with E-state index in [1.54, 1.807) is 23.4 Å². The van der Waals surface area contributed by atoms with Crippen molar-refractivity contribution in [2.24, 2.45) is 0 Å². The van der Waals surface area contributed by atoms with E-state index in [0.29, 0.717) is 48.7 Å². The molecule has 1 aliphatic heterocycles. The molecule has 2 aromatic carbocycles. The highest BCUT2D eigenvalue weighted by atomic mass is 32.2. The van der Waals surface area contributed by atoms with E-state index in [0.717, 1.165) is 17.7 Å². The third-order valence-corrected chi connectivity index (χ3v) is 7.57. The van der Waals surface area contributed by atoms with Gasteiger partial charge in [0.1, 0.15) is 0 Å². The second-order valence-electron chi connectivity index (χ2n) is 8.24. The van der Waals surface area contributed by atoms with E-state index in [4.69, 9.17) is 4.52 Å². The van der Waals surface area contributed by atoms with Gasteiger partial charge in [0.15, 0.2) is 0 Å². The van der Waals surface area contributed by atoms with Gasteiger partial charge in [-0.1, -0.05) is 55.4 Å². The number of aromatic nitrogens is 2. The van der Waals surface area contributed by atoms with Gasteiger partial charge in [-0.15, -0.1) is 0 Å². The quantitative estimate of drug-likeness (QED) is 0.582. The molecule has 4 rings (SSSR count). The first-order valence-corrected chi connectivity index (χ1v) is 12.0. The van der Waals surface area contributed by atoms with Gasteiger partial charge >= 0.3 is 0 Å². The molecule has 0 N–H and O–H groups in total. The minimum Gasteiger partial charge on any atom is -0.339 e. The summed E-state index contributed by atoms with van der Waals surface area (Å²) in [6, 6.07) is 15.4. The van der Waals surface area contributed by atoms with Crippen molar-refractivity contribution < 1.29 is 12.9 Å². The van der Waals surface area contributed by atoms with Gasteiger partial charge in [0.2, 0.25) is 21.7 Å². The van der Waals surface area contributed by atoms with E-state index >= 15 is 0 Å². The number of hydrogen-bond donors (Lipinski definition) is 0. The lowest BCUT2D eigenvalue weighted by Crippen LogP contribution is -2.48. The Labute approximate surface area is 183 Å². The SMILES string of the molecule is Cc1nc(-c2ccc(CN3CCN(S(=O)(=O)c4ccc(C(C)C)cc4)CC3)cc2)no1. The first-order valence-electron chi connectivity index (χ1n) is 10.5. The lowest BCUT2D eigenvalue weighted by molar-refractivity contribution is 0.181. The summed E-state index contributed by atoms with van der Waals surface area (Å²) >= 11 is 0. The molecule has 0 spiro atoms. The molecule has 1 aliphatic rings. The maximum atomic E-state index is 13.0. The number of benzene rings is 2. The van der Waals surface area contributed by atoms with Crippen LogP contribution in [0.5, 0.6) is 0 Å². The number of aryl methyl sites for hydroxylation is 1. The predicted octanol–water partition coefficient (Wildman–Crippen LogP) is 3.67. The maximum Gasteiger partial charge on any atom is 0.243 e. The molecule has 7 nitrogen and oxygen atoms in total. The Hall–Kier alpha value is -2.55. The molecule has 1 fully saturated rings. The van der Waals surface area contributed by atoms with E-state index in [2.05, 4.69) is 41.0 Å². The van der Waals surface area contributed by atoms with Crippen LogP contribution in [0, 0.1) is 6.92 Å². The average molecular weight is 441 g/mol. The molecular formula is C23H28N4O3S. The summed E-state index contributed by atoms with van der Waals surface area (Å²) in [6.45, 7) is 9.14. The fraction of sp³-hybridized carbons (Fsp3) is 0.391. The molecule has 1 aromatic heterocycles. The normalized spacial score (nSPS) is 16.1. The Balaban J connectivity index is 1.35. The Morgan fingerprint density at radius 3 is 2.16 bits per heavy atom. The first kappa shape index (κ1) is 21.7. The monoisotopic (exact) mass is 440 g/mol. The molecule has 164 valence electrons. The minimum absolute atomic E-state index is 0.373. The molecule has 0 radical (unpaired) electrons. The van der Waals surface area contributed by atoms with Crippen LogP contribution in [0.25, 0.3) is 11.4 Å². The molecule has 31 heavy (non-hydrogen) atoms. The zero-order chi connectivity index (χ0) is 22.0. The summed E-state index contributed by atoms with van der Waals surface area (Å²) in [7, 11) is -3.45. The molecule has 0 amide bonds. The van der Waals surface area contributed by atoms with Gasteiger partial charge in [-0.25, -0.2) is 8.42 Å². The van der Waals surface area contributed by atoms with Crippen LogP contribution < -0.4 is 0 Å². The average Bonchev–Trinajstić information content (AvgIpc) is 3.21. The third-order valence-electron chi connectivity index (χ3n) is 5.66. The summed E-state index contributed by atoms with van der Waals surface area (Å²) in [5, 5.41) is 3.94. The molecule has 3 aromatic rings. The van der Waals surface area contributed by atoms with E-state index in [1.807, 2.05) is 24.3 Å². The number of nitrogens with zero attached hydrogens (tertiary/aromatic N) is 4. The van der Waals surface area contributed by atoms with E-state index in [1.165, 1.54) is 5.56 Å². The van der Waals surface area contributed by atoms with Crippen molar-refractivity contribution in [1.29, 1.82) is 0 Å². The van der Waals surface area contributed by atoms with Gasteiger partial charge in [0.05, 0.1) is 4.90 Å². The maximum absolute atomic E-state index is 13.0. The summed E-state index contributed by atoms with van der Waals surface area (Å²) in [5.41, 5.74) is 3.23. The van der Waals surface area contributed by atoms with E-state index in [-0.39, 0.29) is 0 Å². The summed E-state index contributed by atoms with van der Waals surface area (Å²) in [4.78, 5) is 6.90. The summed E-state index contributed by atoms with van der Waals surface area (Å²) in [6.07, 6.45) is 0. The molecule has 0 unspecified atom stereocenters. The van der Waals surface area contributed by atoms with Crippen molar-refractivity contribution in [3.8, 4) is 11.4 Å². The molecule has 0 saturated carbocycles. The number of hydrogen-bond acceptors (Lipinski definition) is 6. The molecule has 0 atom stereocenters. The fourth-order valence-electron chi connectivity index (χ4n) is 3.74. The lowest BCUT2D eigenvalue weighted by atomic mass is 10.0. The van der Waals surface area contributed by atoms with Crippen LogP contribution in [-0.4, -0.2) is 53.9 Å². The van der Waals surface area contributed by atoms with Gasteiger partial charge in [0, 0.05) is 45.2 Å². The van der Waals surface area contributed by atoms with E-state index in [9.17, 15) is 8.42 Å². The highest BCUT2D eigenvalue weighted by Crippen LogP contribution is 2.22. The summed E-state index contributed by atoms with van der Waals surface area (Å²) < 4.78 is 32.6. The minimum atomic E-state index is -3.45. The van der Waals surface area contributed by atoms with Crippen LogP contribution in [0.3, 0.4) is 0 Å². The number of piperazine rings is 1. The van der Waals surface area contributed by atoms with Gasteiger partial charge < -0.3 is 4.52 Å². The van der Waals surface area contributed by atoms with Crippen LogP contribution in [-0.2, 0) is 16.6 Å². The zero-order valence-corrected chi connectivity index (χ0v) is 19.0. The number of rotatable bonds is 6. The Morgan fingerprint density at radius 2 is 1.61 bits per heavy atom. The van der Waals surface area contributed by atoms with Crippen LogP contribution in [0.4, 0.5) is 0 Å². The predicted molar refractivity (Wildman–Crippen MR) is 119 cm³/mol. The van der Waals surface area contributed by atoms with Crippen molar-refractivity contribution in [2.45, 2.75) is 38.1 Å². The Morgan fingerprint density at radius 1 is 0.968 bits per heavy atom. The largest absolute Gasteiger partial charge is 0.339 e. The van der Waals surface area contributed by atoms with Gasteiger partial charge in [-0.05, 0) is 29.2 Å². The second-order valence-corrected chi connectivity index (χ2v) is 10.2. The molecular weight excluding hydrogens is 412 g/mol. The molecule has 1 saturated heterocycles. The highest BCUT2D eigenvalue weighted by Gasteiger charge is 2.28. The summed E-state index contributed by atoms with van der Waals surface area (Å²) in [5.74, 6) is 1.51. The fourth-order valence-corrected chi connectivity index (χ4v) is 5.16. The van der Waals surface area contributed by atoms with Crippen LogP contribution in [0.1, 0.15) is 36.8 Å². The van der Waals surface area contributed by atoms with Gasteiger partial charge in [0.25, 0.3) is 0 Å². The third kappa shape index (κ3) is 4.87. The van der Waals surface area contributed by atoms with Crippen molar-refractivity contribution in [1.82, 2.24) is 19.3 Å². The Kier molecular flexibility index (Phi) is 6.22. The zero-order valence-electron chi connectivity index (χ0n) is 18.2. The van der Waals surface area contributed by atoms with E-state index < -0.39 is 10.0 Å². The molecule has 0 aliphatic carbocycles. The first-order chi connectivity index (χ1) is 14.8. The Bertz CT molecular complexity index is 1110. The standard InChI is InChI=1S/C23H28N4O3S/c1-17(2)20-8-10-22(11-9-20)31(28,29)27-14-12-26(13-15-27)16-19-4-6-21(7-5-19)23-24-18(3)30-25-23/h4-11,17H,12-16H2,1-3H3. The molecule has 8 heteroatoms. The lowest BCUT2D eigenvalue weighted by Gasteiger charge is -2.34.